The van der Waals surface area contributed by atoms with Gasteiger partial charge in [0.2, 0.25) is 0 Å². The summed E-state index contributed by atoms with van der Waals surface area (Å²) in [7, 11) is 0. The van der Waals surface area contributed by atoms with Gasteiger partial charge in [0.15, 0.2) is 0 Å². The van der Waals surface area contributed by atoms with Crippen LogP contribution in [0.25, 0.3) is 0 Å². The Morgan fingerprint density at radius 3 is 2.33 bits per heavy atom. The van der Waals surface area contributed by atoms with E-state index in [4.69, 9.17) is 0 Å². The van der Waals surface area contributed by atoms with E-state index in [0.29, 0.717) is 11.8 Å². The SMILES string of the molecule is C[C@]12CCC[C@](C)(C(=O)O)[C@@H]1CC[C@@]13C[C@H](CC[C@H]12)[C@H](C(=O)O)C3. The Kier molecular flexibility index (Phi) is 3.41. The molecule has 0 aromatic rings. The average molecular weight is 334 g/mol. The second-order valence-corrected chi connectivity index (χ2v) is 9.78. The molecule has 0 radical (unpaired) electrons. The van der Waals surface area contributed by atoms with Gasteiger partial charge in [0.1, 0.15) is 0 Å². The lowest BCUT2D eigenvalue weighted by atomic mass is 9.41. The number of hydrogen-bond acceptors (Lipinski definition) is 2. The summed E-state index contributed by atoms with van der Waals surface area (Å²) in [6, 6.07) is 0. The fourth-order valence-corrected chi connectivity index (χ4v) is 7.99. The number of hydrogen-bond donors (Lipinski definition) is 2. The predicted molar refractivity (Wildman–Crippen MR) is 89.4 cm³/mol. The molecule has 0 aromatic carbocycles. The molecule has 24 heavy (non-hydrogen) atoms. The quantitative estimate of drug-likeness (QED) is 0.794. The second-order valence-electron chi connectivity index (χ2n) is 9.78. The maximum Gasteiger partial charge on any atom is 0.309 e. The first kappa shape index (κ1) is 16.4. The lowest BCUT2D eigenvalue weighted by Crippen LogP contribution is -2.58. The molecule has 4 heteroatoms. The van der Waals surface area contributed by atoms with Gasteiger partial charge in [0.05, 0.1) is 11.3 Å². The van der Waals surface area contributed by atoms with E-state index >= 15 is 0 Å². The van der Waals surface area contributed by atoms with Crippen molar-refractivity contribution in [3.05, 3.63) is 0 Å². The third-order valence-corrected chi connectivity index (χ3v) is 8.94. The van der Waals surface area contributed by atoms with E-state index in [2.05, 4.69) is 6.92 Å². The summed E-state index contributed by atoms with van der Waals surface area (Å²) < 4.78 is 0. The highest BCUT2D eigenvalue weighted by Gasteiger charge is 2.66. The molecule has 0 unspecified atom stereocenters. The zero-order valence-corrected chi connectivity index (χ0v) is 14.9. The first-order valence-corrected chi connectivity index (χ1v) is 9.69. The van der Waals surface area contributed by atoms with Gasteiger partial charge in [0, 0.05) is 0 Å². The monoisotopic (exact) mass is 334 g/mol. The topological polar surface area (TPSA) is 74.6 Å². The van der Waals surface area contributed by atoms with Crippen molar-refractivity contribution in [3.63, 3.8) is 0 Å². The average Bonchev–Trinajstić information content (AvgIpc) is 2.78. The van der Waals surface area contributed by atoms with E-state index < -0.39 is 17.4 Å². The highest BCUT2D eigenvalue weighted by Crippen LogP contribution is 2.72. The van der Waals surface area contributed by atoms with Crippen molar-refractivity contribution in [2.75, 3.05) is 0 Å². The van der Waals surface area contributed by atoms with E-state index in [1.54, 1.807) is 0 Å². The summed E-state index contributed by atoms with van der Waals surface area (Å²) >= 11 is 0. The van der Waals surface area contributed by atoms with Crippen LogP contribution in [0.3, 0.4) is 0 Å². The second kappa shape index (κ2) is 4.98. The summed E-state index contributed by atoms with van der Waals surface area (Å²) in [4.78, 5) is 23.7. The largest absolute Gasteiger partial charge is 0.481 e. The van der Waals surface area contributed by atoms with Crippen molar-refractivity contribution in [2.45, 2.75) is 71.6 Å². The van der Waals surface area contributed by atoms with Gasteiger partial charge in [-0.15, -0.1) is 0 Å². The van der Waals surface area contributed by atoms with Crippen LogP contribution in [0.15, 0.2) is 0 Å². The third kappa shape index (κ3) is 1.91. The molecule has 7 atom stereocenters. The van der Waals surface area contributed by atoms with Crippen LogP contribution < -0.4 is 0 Å². The molecule has 4 aliphatic rings. The zero-order chi connectivity index (χ0) is 17.3. The molecule has 134 valence electrons. The predicted octanol–water partition coefficient (Wildman–Crippen LogP) is 4.18. The third-order valence-electron chi connectivity index (χ3n) is 8.94. The fraction of sp³-hybridized carbons (Fsp3) is 0.900. The van der Waals surface area contributed by atoms with Crippen molar-refractivity contribution in [1.29, 1.82) is 0 Å². The van der Waals surface area contributed by atoms with Crippen LogP contribution in [0.1, 0.15) is 71.6 Å². The molecule has 0 saturated heterocycles. The van der Waals surface area contributed by atoms with E-state index in [0.717, 1.165) is 57.8 Å². The van der Waals surface area contributed by atoms with Gasteiger partial charge < -0.3 is 10.2 Å². The van der Waals surface area contributed by atoms with E-state index in [1.165, 1.54) is 0 Å². The number of carboxylic acids is 2. The molecule has 2 bridgehead atoms. The molecule has 4 aliphatic carbocycles. The lowest BCUT2D eigenvalue weighted by molar-refractivity contribution is -0.181. The number of carbonyl (C=O) groups is 2. The summed E-state index contributed by atoms with van der Waals surface area (Å²) in [5.74, 6) is -0.282. The minimum Gasteiger partial charge on any atom is -0.481 e. The number of rotatable bonds is 2. The molecule has 0 aromatic heterocycles. The molecule has 2 N–H and O–H groups in total. The zero-order valence-electron chi connectivity index (χ0n) is 14.9. The Hall–Kier alpha value is -1.06. The highest BCUT2D eigenvalue weighted by atomic mass is 16.4. The van der Waals surface area contributed by atoms with Crippen molar-refractivity contribution in [1.82, 2.24) is 0 Å². The molecule has 4 rings (SSSR count). The van der Waals surface area contributed by atoms with Crippen molar-refractivity contribution in [2.24, 2.45) is 39.9 Å². The van der Waals surface area contributed by atoms with Gasteiger partial charge in [-0.2, -0.15) is 0 Å². The van der Waals surface area contributed by atoms with Crippen LogP contribution in [-0.4, -0.2) is 22.2 Å². The van der Waals surface area contributed by atoms with Crippen LogP contribution in [-0.2, 0) is 9.59 Å². The van der Waals surface area contributed by atoms with Crippen LogP contribution in [0.4, 0.5) is 0 Å². The van der Waals surface area contributed by atoms with Gasteiger partial charge in [0.25, 0.3) is 0 Å². The van der Waals surface area contributed by atoms with Gasteiger partial charge >= 0.3 is 11.9 Å². The molecule has 1 spiro atoms. The Labute approximate surface area is 144 Å². The van der Waals surface area contributed by atoms with Crippen LogP contribution in [0, 0.1) is 39.9 Å². The van der Waals surface area contributed by atoms with E-state index in [-0.39, 0.29) is 22.7 Å². The molecule has 0 amide bonds. The summed E-state index contributed by atoms with van der Waals surface area (Å²) in [5.41, 5.74) is -0.355. The standard InChI is InChI=1S/C20H30O4/c1-18-7-3-8-19(2,17(23)24)14(18)6-9-20-10-12(4-5-15(18)20)13(11-20)16(21)22/h12-15H,3-11H2,1-2H3,(H,21,22)(H,23,24)/t12-,13+,14+,15-,18-,19-,20-/m0/s1. The van der Waals surface area contributed by atoms with Gasteiger partial charge in [-0.25, -0.2) is 0 Å². The first-order valence-electron chi connectivity index (χ1n) is 9.69. The summed E-state index contributed by atoms with van der Waals surface area (Å²) in [5, 5.41) is 19.5. The molecule has 4 fully saturated rings. The van der Waals surface area contributed by atoms with Gasteiger partial charge in [-0.05, 0) is 86.9 Å². The van der Waals surface area contributed by atoms with E-state index in [1.807, 2.05) is 6.92 Å². The maximum absolute atomic E-state index is 12.1. The van der Waals surface area contributed by atoms with Crippen molar-refractivity contribution in [3.8, 4) is 0 Å². The summed E-state index contributed by atoms with van der Waals surface area (Å²) in [6.45, 7) is 4.31. The molecule has 0 aliphatic heterocycles. The van der Waals surface area contributed by atoms with Crippen molar-refractivity contribution >= 4 is 11.9 Å². The van der Waals surface area contributed by atoms with Crippen LogP contribution >= 0.6 is 0 Å². The lowest BCUT2D eigenvalue weighted by Gasteiger charge is -2.63. The Bertz CT molecular complexity index is 586. The van der Waals surface area contributed by atoms with Crippen LogP contribution in [0.5, 0.6) is 0 Å². The normalized spacial score (nSPS) is 53.1. The highest BCUT2D eigenvalue weighted by molar-refractivity contribution is 5.75. The molecule has 4 saturated carbocycles. The number of aliphatic carboxylic acids is 2. The summed E-state index contributed by atoms with van der Waals surface area (Å²) in [6.07, 6.45) is 8.96. The number of carboxylic acid groups (broad SMARTS) is 2. The first-order chi connectivity index (χ1) is 11.2. The Morgan fingerprint density at radius 2 is 1.67 bits per heavy atom. The molecular formula is C20H30O4. The molecule has 0 heterocycles. The molecular weight excluding hydrogens is 304 g/mol. The van der Waals surface area contributed by atoms with Crippen LogP contribution in [0.2, 0.25) is 0 Å². The van der Waals surface area contributed by atoms with Crippen molar-refractivity contribution < 1.29 is 19.8 Å². The van der Waals surface area contributed by atoms with Gasteiger partial charge in [-0.3, -0.25) is 9.59 Å². The fourth-order valence-electron chi connectivity index (χ4n) is 7.99. The molecule has 4 nitrogen and oxygen atoms in total. The Balaban J connectivity index is 1.71. The van der Waals surface area contributed by atoms with E-state index in [9.17, 15) is 19.8 Å². The maximum atomic E-state index is 12.1. The number of fused-ring (bicyclic) bond motifs is 3. The minimum atomic E-state index is -0.627. The minimum absolute atomic E-state index is 0.0714. The smallest absolute Gasteiger partial charge is 0.309 e. The Morgan fingerprint density at radius 1 is 0.917 bits per heavy atom. The van der Waals surface area contributed by atoms with Gasteiger partial charge in [-0.1, -0.05) is 13.3 Å².